The fraction of sp³-hybridized carbons (Fsp3) is 0.176. The van der Waals surface area contributed by atoms with Gasteiger partial charge in [0, 0.05) is 0 Å². The Bertz CT molecular complexity index is 869. The van der Waals surface area contributed by atoms with Gasteiger partial charge in [-0.3, -0.25) is 0 Å². The van der Waals surface area contributed by atoms with Crippen molar-refractivity contribution in [3.63, 3.8) is 0 Å². The van der Waals surface area contributed by atoms with Gasteiger partial charge in [-0.15, -0.1) is 0 Å². The van der Waals surface area contributed by atoms with Crippen molar-refractivity contribution in [1.29, 1.82) is 0 Å². The topological polar surface area (TPSA) is 54.9 Å². The Balaban J connectivity index is 1.92. The molecule has 0 fully saturated rings. The molecule has 118 valence electrons. The van der Waals surface area contributed by atoms with E-state index in [1.54, 1.807) is 11.8 Å². The summed E-state index contributed by atoms with van der Waals surface area (Å²) in [4.78, 5) is 0. The van der Waals surface area contributed by atoms with Gasteiger partial charge in [0.1, 0.15) is 5.75 Å². The van der Waals surface area contributed by atoms with Gasteiger partial charge in [0.25, 0.3) is 0 Å². The number of para-hydroxylation sites is 1. The molecule has 1 aromatic heterocycles. The number of nitrogens with zero attached hydrogens (tertiary/aromatic N) is 2. The molecule has 0 atom stereocenters. The number of benzene rings is 2. The fourth-order valence-corrected chi connectivity index (χ4v) is 2.64. The van der Waals surface area contributed by atoms with Crippen molar-refractivity contribution < 1.29 is 4.74 Å². The van der Waals surface area contributed by atoms with Crippen LogP contribution in [0, 0.1) is 11.7 Å². The second-order valence-electron chi connectivity index (χ2n) is 5.21. The van der Waals surface area contributed by atoms with E-state index >= 15 is 0 Å². The molecule has 6 heteroatoms. The summed E-state index contributed by atoms with van der Waals surface area (Å²) in [5.41, 5.74) is 6.60. The Morgan fingerprint density at radius 1 is 1.22 bits per heavy atom. The van der Waals surface area contributed by atoms with E-state index in [0.29, 0.717) is 17.1 Å². The molecule has 0 aliphatic carbocycles. The van der Waals surface area contributed by atoms with Gasteiger partial charge >= 0.3 is 0 Å². The van der Waals surface area contributed by atoms with Crippen molar-refractivity contribution in [3.05, 3.63) is 64.4 Å². The Morgan fingerprint density at radius 3 is 2.83 bits per heavy atom. The van der Waals surface area contributed by atoms with Crippen LogP contribution < -0.4 is 10.2 Å². The Morgan fingerprint density at radius 2 is 2.04 bits per heavy atom. The summed E-state index contributed by atoms with van der Waals surface area (Å²) in [5.74, 6) is 1.44. The van der Waals surface area contributed by atoms with Crippen LogP contribution in [0.3, 0.4) is 0 Å². The Kier molecular flexibility index (Phi) is 4.43. The van der Waals surface area contributed by atoms with Gasteiger partial charge in [0.2, 0.25) is 4.77 Å². The van der Waals surface area contributed by atoms with E-state index < -0.39 is 0 Å². The van der Waals surface area contributed by atoms with E-state index in [9.17, 15) is 0 Å². The third kappa shape index (κ3) is 3.27. The molecule has 0 saturated carbocycles. The van der Waals surface area contributed by atoms with Crippen LogP contribution in [0.25, 0.3) is 11.4 Å². The van der Waals surface area contributed by atoms with E-state index in [1.807, 2.05) is 30.3 Å². The van der Waals surface area contributed by atoms with Crippen LogP contribution in [-0.4, -0.2) is 22.0 Å². The molecule has 0 aliphatic rings. The molecule has 0 aliphatic heterocycles. The maximum atomic E-state index is 5.41. The van der Waals surface area contributed by atoms with Crippen LogP contribution >= 0.6 is 12.2 Å². The lowest BCUT2D eigenvalue weighted by molar-refractivity contribution is 0.416. The normalized spacial score (nSPS) is 10.5. The zero-order valence-electron chi connectivity index (χ0n) is 13.0. The molecule has 0 spiro atoms. The molecule has 23 heavy (non-hydrogen) atoms. The second kappa shape index (κ2) is 6.66. The van der Waals surface area contributed by atoms with E-state index in [4.69, 9.17) is 17.0 Å². The maximum Gasteiger partial charge on any atom is 0.214 e. The van der Waals surface area contributed by atoms with Crippen molar-refractivity contribution in [1.82, 2.24) is 14.9 Å². The molecule has 5 nitrogen and oxygen atoms in total. The number of aromatic amines is 1. The monoisotopic (exact) mass is 326 g/mol. The molecule has 0 saturated heterocycles. The van der Waals surface area contributed by atoms with E-state index in [-0.39, 0.29) is 0 Å². The minimum absolute atomic E-state index is 0.513. The van der Waals surface area contributed by atoms with Crippen LogP contribution in [0.2, 0.25) is 0 Å². The standard InChI is InChI=1S/C17H18N4OS/c1-12-6-5-7-13(10-12)11-18-21-16(19-20-17(21)23)14-8-3-4-9-15(14)22-2/h3-10,18H,11H2,1-2H3,(H,20,23). The number of ether oxygens (including phenoxy) is 1. The molecule has 0 amide bonds. The third-order valence-electron chi connectivity index (χ3n) is 3.54. The summed E-state index contributed by atoms with van der Waals surface area (Å²) < 4.78 is 7.70. The van der Waals surface area contributed by atoms with E-state index in [0.717, 1.165) is 11.3 Å². The Hall–Kier alpha value is -2.60. The first-order valence-electron chi connectivity index (χ1n) is 7.29. The zero-order valence-corrected chi connectivity index (χ0v) is 13.9. The predicted molar refractivity (Wildman–Crippen MR) is 93.6 cm³/mol. The van der Waals surface area contributed by atoms with Crippen LogP contribution in [0.5, 0.6) is 5.75 Å². The molecule has 2 aromatic carbocycles. The average Bonchev–Trinajstić information content (AvgIpc) is 2.93. The number of H-pyrrole nitrogens is 1. The zero-order chi connectivity index (χ0) is 16.2. The number of hydrogen-bond acceptors (Lipinski definition) is 4. The third-order valence-corrected chi connectivity index (χ3v) is 3.82. The van der Waals surface area contributed by atoms with Gasteiger partial charge in [0.05, 0.1) is 19.2 Å². The van der Waals surface area contributed by atoms with Gasteiger partial charge in [-0.05, 0) is 36.8 Å². The highest BCUT2D eigenvalue weighted by Crippen LogP contribution is 2.27. The summed E-state index contributed by atoms with van der Waals surface area (Å²) >= 11 is 5.34. The van der Waals surface area contributed by atoms with Gasteiger partial charge in [-0.1, -0.05) is 42.0 Å². The van der Waals surface area contributed by atoms with Gasteiger partial charge in [-0.2, -0.15) is 5.10 Å². The van der Waals surface area contributed by atoms with E-state index in [1.165, 1.54) is 11.1 Å². The van der Waals surface area contributed by atoms with Crippen molar-refractivity contribution in [2.45, 2.75) is 13.5 Å². The molecule has 3 rings (SSSR count). The largest absolute Gasteiger partial charge is 0.496 e. The number of nitrogens with one attached hydrogen (secondary N) is 2. The highest BCUT2D eigenvalue weighted by Gasteiger charge is 2.13. The van der Waals surface area contributed by atoms with Crippen molar-refractivity contribution in [2.75, 3.05) is 12.5 Å². The van der Waals surface area contributed by atoms with Crippen molar-refractivity contribution in [3.8, 4) is 17.1 Å². The van der Waals surface area contributed by atoms with Gasteiger partial charge in [0.15, 0.2) is 5.82 Å². The van der Waals surface area contributed by atoms with Gasteiger partial charge in [-0.25, -0.2) is 9.77 Å². The minimum atomic E-state index is 0.513. The number of hydrogen-bond donors (Lipinski definition) is 2. The molecule has 3 aromatic rings. The number of aromatic nitrogens is 3. The van der Waals surface area contributed by atoms with Crippen molar-refractivity contribution in [2.24, 2.45) is 0 Å². The minimum Gasteiger partial charge on any atom is -0.496 e. The molecule has 1 heterocycles. The van der Waals surface area contributed by atoms with Gasteiger partial charge < -0.3 is 10.2 Å². The summed E-state index contributed by atoms with van der Waals surface area (Å²) in [6.45, 7) is 2.73. The van der Waals surface area contributed by atoms with Crippen LogP contribution in [-0.2, 0) is 6.54 Å². The van der Waals surface area contributed by atoms with Crippen LogP contribution in [0.4, 0.5) is 0 Å². The van der Waals surface area contributed by atoms with Crippen molar-refractivity contribution >= 4 is 12.2 Å². The lowest BCUT2D eigenvalue weighted by Gasteiger charge is -2.12. The second-order valence-corrected chi connectivity index (χ2v) is 5.60. The fourth-order valence-electron chi connectivity index (χ4n) is 2.45. The summed E-state index contributed by atoms with van der Waals surface area (Å²) in [7, 11) is 1.64. The first-order chi connectivity index (χ1) is 11.2. The molecule has 0 radical (unpaired) electrons. The average molecular weight is 326 g/mol. The highest BCUT2D eigenvalue weighted by molar-refractivity contribution is 7.71. The lowest BCUT2D eigenvalue weighted by Crippen LogP contribution is -2.16. The molecule has 2 N–H and O–H groups in total. The van der Waals surface area contributed by atoms with Crippen LogP contribution in [0.1, 0.15) is 11.1 Å². The smallest absolute Gasteiger partial charge is 0.214 e. The summed E-state index contributed by atoms with van der Waals surface area (Å²) in [6.07, 6.45) is 0. The summed E-state index contributed by atoms with van der Waals surface area (Å²) in [6, 6.07) is 16.1. The Labute approximate surface area is 139 Å². The van der Waals surface area contributed by atoms with Crippen LogP contribution in [0.15, 0.2) is 48.5 Å². The molecule has 0 bridgehead atoms. The molecular weight excluding hydrogens is 308 g/mol. The van der Waals surface area contributed by atoms with E-state index in [2.05, 4.69) is 40.7 Å². The predicted octanol–water partition coefficient (Wildman–Crippen LogP) is 3.67. The quantitative estimate of drug-likeness (QED) is 0.703. The molecule has 0 unspecified atom stereocenters. The first-order valence-corrected chi connectivity index (χ1v) is 7.70. The highest BCUT2D eigenvalue weighted by atomic mass is 32.1. The number of rotatable bonds is 5. The SMILES string of the molecule is COc1ccccc1-c1n[nH]c(=S)n1NCc1cccc(C)c1. The first kappa shape index (κ1) is 15.3. The number of aryl methyl sites for hydroxylation is 1. The molecular formula is C17H18N4OS. The summed E-state index contributed by atoms with van der Waals surface area (Å²) in [5, 5.41) is 7.16. The number of methoxy groups -OCH3 is 1. The maximum absolute atomic E-state index is 5.41. The lowest BCUT2D eigenvalue weighted by atomic mass is 10.1.